The zero-order valence-electron chi connectivity index (χ0n) is 10.1. The van der Waals surface area contributed by atoms with Gasteiger partial charge in [-0.25, -0.2) is 4.79 Å². The van der Waals surface area contributed by atoms with E-state index in [-0.39, 0.29) is 5.97 Å². The Morgan fingerprint density at radius 3 is 2.61 bits per heavy atom. The van der Waals surface area contributed by atoms with Gasteiger partial charge in [-0.05, 0) is 36.4 Å². The van der Waals surface area contributed by atoms with Crippen LogP contribution in [0.15, 0.2) is 48.7 Å². The fourth-order valence-electron chi connectivity index (χ4n) is 1.54. The van der Waals surface area contributed by atoms with Crippen LogP contribution in [0.1, 0.15) is 16.1 Å². The van der Waals surface area contributed by atoms with E-state index in [1.807, 2.05) is 30.3 Å². The smallest absolute Gasteiger partial charge is 0.337 e. The van der Waals surface area contributed by atoms with Gasteiger partial charge in [0.25, 0.3) is 0 Å². The van der Waals surface area contributed by atoms with Crippen LogP contribution in [0.5, 0.6) is 0 Å². The fourth-order valence-corrected chi connectivity index (χ4v) is 1.54. The maximum Gasteiger partial charge on any atom is 0.337 e. The molecule has 1 N–H and O–H groups in total. The number of anilines is 1. The van der Waals surface area contributed by atoms with Gasteiger partial charge in [-0.3, -0.25) is 4.98 Å². The van der Waals surface area contributed by atoms with Crippen molar-refractivity contribution in [3.63, 3.8) is 0 Å². The van der Waals surface area contributed by atoms with Crippen molar-refractivity contribution in [2.45, 2.75) is 6.54 Å². The molecule has 0 atom stereocenters. The zero-order valence-corrected chi connectivity index (χ0v) is 10.1. The molecule has 0 spiro atoms. The highest BCUT2D eigenvalue weighted by Crippen LogP contribution is 2.11. The quantitative estimate of drug-likeness (QED) is 0.837. The molecule has 18 heavy (non-hydrogen) atoms. The summed E-state index contributed by atoms with van der Waals surface area (Å²) in [6, 6.07) is 12.9. The second kappa shape index (κ2) is 5.82. The van der Waals surface area contributed by atoms with E-state index in [9.17, 15) is 4.79 Å². The van der Waals surface area contributed by atoms with E-state index in [0.29, 0.717) is 12.1 Å². The number of carbonyl (C=O) groups is 1. The van der Waals surface area contributed by atoms with E-state index < -0.39 is 0 Å². The number of pyridine rings is 1. The number of hydrogen-bond donors (Lipinski definition) is 1. The highest BCUT2D eigenvalue weighted by Gasteiger charge is 2.03. The number of nitrogens with one attached hydrogen (secondary N) is 1. The highest BCUT2D eigenvalue weighted by molar-refractivity contribution is 5.89. The van der Waals surface area contributed by atoms with E-state index in [1.165, 1.54) is 7.11 Å². The van der Waals surface area contributed by atoms with Gasteiger partial charge in [0.15, 0.2) is 0 Å². The van der Waals surface area contributed by atoms with Crippen molar-refractivity contribution in [3.05, 3.63) is 59.9 Å². The molecule has 0 saturated heterocycles. The molecule has 0 aliphatic rings. The Kier molecular flexibility index (Phi) is 3.91. The minimum absolute atomic E-state index is 0.328. The molecule has 0 bridgehead atoms. The number of rotatable bonds is 4. The van der Waals surface area contributed by atoms with Crippen LogP contribution in [-0.4, -0.2) is 18.1 Å². The lowest BCUT2D eigenvalue weighted by atomic mass is 10.2. The largest absolute Gasteiger partial charge is 0.465 e. The molecule has 2 aromatic rings. The summed E-state index contributed by atoms with van der Waals surface area (Å²) in [5.74, 6) is -0.328. The van der Waals surface area contributed by atoms with E-state index in [0.717, 1.165) is 11.4 Å². The summed E-state index contributed by atoms with van der Waals surface area (Å²) in [4.78, 5) is 15.5. The van der Waals surface area contributed by atoms with Crippen molar-refractivity contribution >= 4 is 11.7 Å². The Morgan fingerprint density at radius 2 is 2.00 bits per heavy atom. The maximum atomic E-state index is 11.3. The fraction of sp³-hybridized carbons (Fsp3) is 0.143. The zero-order chi connectivity index (χ0) is 12.8. The van der Waals surface area contributed by atoms with Gasteiger partial charge in [-0.15, -0.1) is 0 Å². The lowest BCUT2D eigenvalue weighted by Gasteiger charge is -2.06. The average molecular weight is 242 g/mol. The van der Waals surface area contributed by atoms with Crippen molar-refractivity contribution < 1.29 is 9.53 Å². The Bertz CT molecular complexity index is 509. The van der Waals surface area contributed by atoms with Gasteiger partial charge in [0, 0.05) is 11.9 Å². The van der Waals surface area contributed by atoms with Crippen molar-refractivity contribution in [3.8, 4) is 0 Å². The molecule has 0 radical (unpaired) electrons. The van der Waals surface area contributed by atoms with Crippen molar-refractivity contribution in [1.82, 2.24) is 4.98 Å². The minimum Gasteiger partial charge on any atom is -0.465 e. The van der Waals surface area contributed by atoms with Gasteiger partial charge in [0.1, 0.15) is 0 Å². The number of nitrogens with zero attached hydrogens (tertiary/aromatic N) is 1. The average Bonchev–Trinajstić information content (AvgIpc) is 2.46. The maximum absolute atomic E-state index is 11.3. The van der Waals surface area contributed by atoms with Crippen molar-refractivity contribution in [2.75, 3.05) is 12.4 Å². The lowest BCUT2D eigenvalue weighted by Crippen LogP contribution is -2.03. The molecule has 0 aliphatic heterocycles. The Balaban J connectivity index is 1.97. The summed E-state index contributed by atoms with van der Waals surface area (Å²) in [5.41, 5.74) is 2.45. The Hall–Kier alpha value is -2.36. The number of methoxy groups -OCH3 is 1. The van der Waals surface area contributed by atoms with E-state index in [4.69, 9.17) is 0 Å². The summed E-state index contributed by atoms with van der Waals surface area (Å²) in [6.07, 6.45) is 1.76. The number of aromatic nitrogens is 1. The van der Waals surface area contributed by atoms with Crippen LogP contribution >= 0.6 is 0 Å². The monoisotopic (exact) mass is 242 g/mol. The van der Waals surface area contributed by atoms with E-state index in [1.54, 1.807) is 18.3 Å². The number of hydrogen-bond acceptors (Lipinski definition) is 4. The molecule has 0 unspecified atom stereocenters. The van der Waals surface area contributed by atoms with Crippen molar-refractivity contribution in [1.29, 1.82) is 0 Å². The molecule has 0 amide bonds. The van der Waals surface area contributed by atoms with Gasteiger partial charge in [-0.1, -0.05) is 6.07 Å². The molecule has 0 aliphatic carbocycles. The van der Waals surface area contributed by atoms with Gasteiger partial charge in [-0.2, -0.15) is 0 Å². The van der Waals surface area contributed by atoms with Gasteiger partial charge >= 0.3 is 5.97 Å². The number of ether oxygens (including phenoxy) is 1. The van der Waals surface area contributed by atoms with Crippen LogP contribution in [-0.2, 0) is 11.3 Å². The third kappa shape index (κ3) is 3.07. The van der Waals surface area contributed by atoms with Crippen LogP contribution in [0.3, 0.4) is 0 Å². The lowest BCUT2D eigenvalue weighted by molar-refractivity contribution is 0.0601. The number of esters is 1. The van der Waals surface area contributed by atoms with E-state index in [2.05, 4.69) is 15.0 Å². The summed E-state index contributed by atoms with van der Waals surface area (Å²) in [5, 5.41) is 3.23. The van der Waals surface area contributed by atoms with E-state index >= 15 is 0 Å². The molecular formula is C14H14N2O2. The normalized spacial score (nSPS) is 9.83. The first kappa shape index (κ1) is 12.1. The Labute approximate surface area is 106 Å². The summed E-state index contributed by atoms with van der Waals surface area (Å²) < 4.78 is 4.64. The second-order valence-electron chi connectivity index (χ2n) is 3.74. The molecule has 1 aromatic heterocycles. The molecule has 1 aromatic carbocycles. The molecule has 92 valence electrons. The molecule has 0 fully saturated rings. The Morgan fingerprint density at radius 1 is 1.22 bits per heavy atom. The van der Waals surface area contributed by atoms with Gasteiger partial charge in [0.05, 0.1) is 24.9 Å². The van der Waals surface area contributed by atoms with Crippen LogP contribution in [0.2, 0.25) is 0 Å². The first-order valence-electron chi connectivity index (χ1n) is 5.62. The number of carbonyl (C=O) groups excluding carboxylic acids is 1. The van der Waals surface area contributed by atoms with Gasteiger partial charge in [0.2, 0.25) is 0 Å². The van der Waals surface area contributed by atoms with Gasteiger partial charge < -0.3 is 10.1 Å². The second-order valence-corrected chi connectivity index (χ2v) is 3.74. The van der Waals surface area contributed by atoms with Crippen molar-refractivity contribution in [2.24, 2.45) is 0 Å². The standard InChI is InChI=1S/C14H14N2O2/c1-18-14(17)11-5-7-12(8-6-11)16-10-13-4-2-3-9-15-13/h2-9,16H,10H2,1H3. The topological polar surface area (TPSA) is 51.2 Å². The van der Waals surface area contributed by atoms with Crippen LogP contribution in [0.25, 0.3) is 0 Å². The van der Waals surface area contributed by atoms with Crippen LogP contribution < -0.4 is 5.32 Å². The first-order valence-corrected chi connectivity index (χ1v) is 5.62. The predicted molar refractivity (Wildman–Crippen MR) is 69.3 cm³/mol. The number of benzene rings is 1. The first-order chi connectivity index (χ1) is 8.79. The minimum atomic E-state index is -0.328. The van der Waals surface area contributed by atoms with Crippen LogP contribution in [0.4, 0.5) is 5.69 Å². The molecule has 0 saturated carbocycles. The summed E-state index contributed by atoms with van der Waals surface area (Å²) in [7, 11) is 1.37. The SMILES string of the molecule is COC(=O)c1ccc(NCc2ccccn2)cc1. The summed E-state index contributed by atoms with van der Waals surface area (Å²) in [6.45, 7) is 0.651. The highest BCUT2D eigenvalue weighted by atomic mass is 16.5. The third-order valence-electron chi connectivity index (χ3n) is 2.51. The summed E-state index contributed by atoms with van der Waals surface area (Å²) >= 11 is 0. The molecule has 2 rings (SSSR count). The molecular weight excluding hydrogens is 228 g/mol. The van der Waals surface area contributed by atoms with Crippen LogP contribution in [0, 0.1) is 0 Å². The third-order valence-corrected chi connectivity index (χ3v) is 2.51. The molecule has 1 heterocycles. The molecule has 4 nitrogen and oxygen atoms in total. The molecule has 4 heteroatoms. The predicted octanol–water partition coefficient (Wildman–Crippen LogP) is 2.48.